The SMILES string of the molecule is CN(CC(=O)NCc1ccco1)C(=O)C1CCN(c2ncc(C(F)(F)F)cc2Cl)CC1. The number of hydrogen-bond acceptors (Lipinski definition) is 5. The number of aromatic nitrogens is 1. The van der Waals surface area contributed by atoms with Crippen LogP contribution in [0.15, 0.2) is 35.1 Å². The van der Waals surface area contributed by atoms with Crippen LogP contribution in [-0.2, 0) is 22.3 Å². The summed E-state index contributed by atoms with van der Waals surface area (Å²) in [6.07, 6.45) is -1.28. The molecular formula is C20H22ClF3N4O3. The van der Waals surface area contributed by atoms with Crippen LogP contribution >= 0.6 is 11.6 Å². The van der Waals surface area contributed by atoms with E-state index in [0.29, 0.717) is 31.7 Å². The normalized spacial score (nSPS) is 15.1. The molecule has 2 amide bonds. The van der Waals surface area contributed by atoms with Crippen LogP contribution in [0.3, 0.4) is 0 Å². The molecule has 1 fully saturated rings. The highest BCUT2D eigenvalue weighted by Crippen LogP contribution is 2.34. The Kier molecular flexibility index (Phi) is 7.09. The molecule has 0 aliphatic carbocycles. The average Bonchev–Trinajstić information content (AvgIpc) is 3.25. The Labute approximate surface area is 182 Å². The van der Waals surface area contributed by atoms with Crippen molar-refractivity contribution in [2.75, 3.05) is 31.6 Å². The fourth-order valence-electron chi connectivity index (χ4n) is 3.42. The lowest BCUT2D eigenvalue weighted by Gasteiger charge is -2.34. The monoisotopic (exact) mass is 458 g/mol. The zero-order valence-corrected chi connectivity index (χ0v) is 17.5. The Hall–Kier alpha value is -2.75. The Morgan fingerprint density at radius 1 is 1.35 bits per heavy atom. The van der Waals surface area contributed by atoms with E-state index in [1.54, 1.807) is 24.1 Å². The van der Waals surface area contributed by atoms with Crippen molar-refractivity contribution in [3.8, 4) is 0 Å². The molecule has 0 aromatic carbocycles. The van der Waals surface area contributed by atoms with Gasteiger partial charge in [-0.2, -0.15) is 13.2 Å². The van der Waals surface area contributed by atoms with E-state index in [2.05, 4.69) is 10.3 Å². The number of anilines is 1. The summed E-state index contributed by atoms with van der Waals surface area (Å²) in [6, 6.07) is 4.31. The highest BCUT2D eigenvalue weighted by atomic mass is 35.5. The summed E-state index contributed by atoms with van der Waals surface area (Å²) in [7, 11) is 1.56. The van der Waals surface area contributed by atoms with E-state index in [0.717, 1.165) is 12.3 Å². The maximum absolute atomic E-state index is 12.8. The quantitative estimate of drug-likeness (QED) is 0.718. The van der Waals surface area contributed by atoms with Gasteiger partial charge in [0.1, 0.15) is 11.6 Å². The summed E-state index contributed by atoms with van der Waals surface area (Å²) in [5, 5.41) is 2.61. The van der Waals surface area contributed by atoms with E-state index in [9.17, 15) is 22.8 Å². The van der Waals surface area contributed by atoms with Crippen LogP contribution in [0.4, 0.5) is 19.0 Å². The van der Waals surface area contributed by atoms with Crippen LogP contribution in [-0.4, -0.2) is 48.4 Å². The van der Waals surface area contributed by atoms with Crippen molar-refractivity contribution in [3.63, 3.8) is 0 Å². The molecule has 1 saturated heterocycles. The molecule has 0 spiro atoms. The molecule has 1 aliphatic rings. The number of pyridine rings is 1. The number of carbonyl (C=O) groups is 2. The van der Waals surface area contributed by atoms with Gasteiger partial charge in [0.25, 0.3) is 0 Å². The van der Waals surface area contributed by atoms with Crippen LogP contribution in [0.25, 0.3) is 0 Å². The number of likely N-dealkylation sites (N-methyl/N-ethyl adjacent to an activating group) is 1. The van der Waals surface area contributed by atoms with Gasteiger partial charge in [0, 0.05) is 32.3 Å². The first kappa shape index (κ1) is 22.9. The molecule has 2 aromatic heterocycles. The Morgan fingerprint density at radius 3 is 2.65 bits per heavy atom. The van der Waals surface area contributed by atoms with Crippen molar-refractivity contribution in [3.05, 3.63) is 47.0 Å². The van der Waals surface area contributed by atoms with Crippen molar-refractivity contribution in [1.29, 1.82) is 0 Å². The molecule has 0 bridgehead atoms. The first-order chi connectivity index (χ1) is 14.6. The maximum atomic E-state index is 12.8. The largest absolute Gasteiger partial charge is 0.467 e. The second-order valence-electron chi connectivity index (χ2n) is 7.34. The van der Waals surface area contributed by atoms with Crippen LogP contribution in [0.2, 0.25) is 5.02 Å². The maximum Gasteiger partial charge on any atom is 0.417 e. The van der Waals surface area contributed by atoms with Gasteiger partial charge < -0.3 is 19.5 Å². The molecular weight excluding hydrogens is 437 g/mol. The number of carbonyl (C=O) groups excluding carboxylic acids is 2. The molecule has 0 unspecified atom stereocenters. The van der Waals surface area contributed by atoms with Crippen LogP contribution in [0.1, 0.15) is 24.2 Å². The van der Waals surface area contributed by atoms with E-state index in [1.165, 1.54) is 11.2 Å². The highest BCUT2D eigenvalue weighted by Gasteiger charge is 2.33. The number of rotatable bonds is 6. The highest BCUT2D eigenvalue weighted by molar-refractivity contribution is 6.33. The molecule has 2 aromatic rings. The second kappa shape index (κ2) is 9.59. The number of alkyl halides is 3. The minimum absolute atomic E-state index is 0.0773. The Balaban J connectivity index is 1.49. The number of hydrogen-bond donors (Lipinski definition) is 1. The number of piperidine rings is 1. The lowest BCUT2D eigenvalue weighted by Crippen LogP contribution is -2.44. The molecule has 0 atom stereocenters. The Morgan fingerprint density at radius 2 is 2.06 bits per heavy atom. The molecule has 7 nitrogen and oxygen atoms in total. The number of furan rings is 1. The Bertz CT molecular complexity index is 913. The van der Waals surface area contributed by atoms with Gasteiger partial charge in [-0.25, -0.2) is 4.98 Å². The summed E-state index contributed by atoms with van der Waals surface area (Å²) in [4.78, 5) is 31.7. The smallest absolute Gasteiger partial charge is 0.417 e. The molecule has 31 heavy (non-hydrogen) atoms. The summed E-state index contributed by atoms with van der Waals surface area (Å²) in [5.41, 5.74) is -0.904. The third-order valence-electron chi connectivity index (χ3n) is 5.09. The summed E-state index contributed by atoms with van der Waals surface area (Å²) in [5.74, 6) is 0.147. The van der Waals surface area contributed by atoms with Gasteiger partial charge in [0.15, 0.2) is 0 Å². The third kappa shape index (κ3) is 5.90. The molecule has 168 valence electrons. The zero-order chi connectivity index (χ0) is 22.6. The van der Waals surface area contributed by atoms with Crippen LogP contribution in [0.5, 0.6) is 0 Å². The summed E-state index contributed by atoms with van der Waals surface area (Å²) in [6.45, 7) is 1.01. The van der Waals surface area contributed by atoms with Gasteiger partial charge in [-0.1, -0.05) is 11.6 Å². The van der Waals surface area contributed by atoms with Gasteiger partial charge in [0.2, 0.25) is 11.8 Å². The molecule has 3 heterocycles. The van der Waals surface area contributed by atoms with Gasteiger partial charge in [0.05, 0.1) is 29.9 Å². The molecule has 3 rings (SSSR count). The van der Waals surface area contributed by atoms with E-state index < -0.39 is 11.7 Å². The van der Waals surface area contributed by atoms with Crippen molar-refractivity contribution < 1.29 is 27.2 Å². The van der Waals surface area contributed by atoms with E-state index in [1.807, 2.05) is 0 Å². The van der Waals surface area contributed by atoms with E-state index in [4.69, 9.17) is 16.0 Å². The summed E-state index contributed by atoms with van der Waals surface area (Å²) < 4.78 is 43.5. The third-order valence-corrected chi connectivity index (χ3v) is 5.37. The van der Waals surface area contributed by atoms with E-state index in [-0.39, 0.29) is 41.7 Å². The van der Waals surface area contributed by atoms with E-state index >= 15 is 0 Å². The van der Waals surface area contributed by atoms with Crippen LogP contribution < -0.4 is 10.2 Å². The first-order valence-corrected chi connectivity index (χ1v) is 10.0. The summed E-state index contributed by atoms with van der Waals surface area (Å²) >= 11 is 6.01. The molecule has 1 N–H and O–H groups in total. The zero-order valence-electron chi connectivity index (χ0n) is 16.8. The van der Waals surface area contributed by atoms with Gasteiger partial charge in [-0.15, -0.1) is 0 Å². The van der Waals surface area contributed by atoms with Crippen molar-refractivity contribution in [2.24, 2.45) is 5.92 Å². The molecule has 1 aliphatic heterocycles. The second-order valence-corrected chi connectivity index (χ2v) is 7.75. The van der Waals surface area contributed by atoms with Crippen molar-refractivity contribution in [1.82, 2.24) is 15.2 Å². The van der Waals surface area contributed by atoms with Crippen molar-refractivity contribution >= 4 is 29.2 Å². The molecule has 0 saturated carbocycles. The lowest BCUT2D eigenvalue weighted by atomic mass is 9.95. The van der Waals surface area contributed by atoms with Gasteiger partial charge >= 0.3 is 6.18 Å². The van der Waals surface area contributed by atoms with Gasteiger partial charge in [-0.3, -0.25) is 9.59 Å². The minimum Gasteiger partial charge on any atom is -0.467 e. The molecule has 11 heteroatoms. The van der Waals surface area contributed by atoms with Crippen LogP contribution in [0, 0.1) is 5.92 Å². The number of halogens is 4. The fraction of sp³-hybridized carbons (Fsp3) is 0.450. The lowest BCUT2D eigenvalue weighted by molar-refractivity contribution is -0.138. The standard InChI is InChI=1S/C20H22ClF3N4O3/c1-27(12-17(29)25-11-15-3-2-8-31-15)19(30)13-4-6-28(7-5-13)18-16(21)9-14(10-26-18)20(22,23)24/h2-3,8-10,13H,4-7,11-12H2,1H3,(H,25,29). The van der Waals surface area contributed by atoms with Crippen molar-refractivity contribution in [2.45, 2.75) is 25.6 Å². The number of nitrogens with one attached hydrogen (secondary N) is 1. The predicted molar refractivity (Wildman–Crippen MR) is 107 cm³/mol. The number of amides is 2. The van der Waals surface area contributed by atoms with Gasteiger partial charge in [-0.05, 0) is 31.0 Å². The topological polar surface area (TPSA) is 78.7 Å². The fourth-order valence-corrected chi connectivity index (χ4v) is 3.70. The minimum atomic E-state index is -4.51. The first-order valence-electron chi connectivity index (χ1n) is 9.67. The number of nitrogens with zero attached hydrogens (tertiary/aromatic N) is 3. The predicted octanol–water partition coefficient (Wildman–Crippen LogP) is 3.34. The molecule has 0 radical (unpaired) electrons. The average molecular weight is 459 g/mol.